The molecule has 0 fully saturated rings. The summed E-state index contributed by atoms with van der Waals surface area (Å²) in [6.07, 6.45) is -0.147. The Kier molecular flexibility index (Phi) is 6.29. The summed E-state index contributed by atoms with van der Waals surface area (Å²) in [6.45, 7) is 3.14. The summed E-state index contributed by atoms with van der Waals surface area (Å²) in [6, 6.07) is 0. The molecule has 9 heavy (non-hydrogen) atoms. The highest BCUT2D eigenvalue weighted by Gasteiger charge is 2.02. The van der Waals surface area contributed by atoms with Crippen LogP contribution in [0.1, 0.15) is 6.92 Å². The molecule has 1 unspecified atom stereocenters. The van der Waals surface area contributed by atoms with Crippen LogP contribution in [-0.2, 0) is 13.9 Å². The van der Waals surface area contributed by atoms with Crippen LogP contribution in [0.4, 0.5) is 0 Å². The van der Waals surface area contributed by atoms with E-state index in [-0.39, 0.29) is 6.29 Å². The van der Waals surface area contributed by atoms with Crippen LogP contribution in [-0.4, -0.2) is 37.1 Å². The molecule has 56 valence electrons. The van der Waals surface area contributed by atoms with Crippen molar-refractivity contribution in [2.24, 2.45) is 0 Å². The molecular weight excluding hydrogens is 136 g/mol. The molecule has 0 aliphatic heterocycles. The van der Waals surface area contributed by atoms with Gasteiger partial charge in [-0.1, -0.05) is 0 Å². The molecule has 3 nitrogen and oxygen atoms in total. The van der Waals surface area contributed by atoms with Crippen molar-refractivity contribution in [1.29, 1.82) is 0 Å². The molecule has 0 spiro atoms. The van der Waals surface area contributed by atoms with Crippen LogP contribution in [0.15, 0.2) is 0 Å². The van der Waals surface area contributed by atoms with E-state index in [0.717, 1.165) is 0 Å². The predicted molar refractivity (Wildman–Crippen MR) is 38.3 cm³/mol. The molecule has 0 aromatic heterocycles. The van der Waals surface area contributed by atoms with Crippen molar-refractivity contribution >= 4 is 10.5 Å². The lowest BCUT2D eigenvalue weighted by molar-refractivity contribution is -0.108. The maximum absolute atomic E-state index is 5.12. The Morgan fingerprint density at radius 3 is 2.56 bits per heavy atom. The molecule has 0 amide bonds. The molecule has 0 saturated carbocycles. The lowest BCUT2D eigenvalue weighted by Crippen LogP contribution is -2.21. The second kappa shape index (κ2) is 6.22. The highest BCUT2D eigenvalue weighted by Crippen LogP contribution is 1.91. The van der Waals surface area contributed by atoms with Gasteiger partial charge in [-0.25, -0.2) is 0 Å². The quantitative estimate of drug-likeness (QED) is 0.383. The first-order valence-corrected chi connectivity index (χ1v) is 3.80. The second-order valence-electron chi connectivity index (χ2n) is 1.58. The van der Waals surface area contributed by atoms with Crippen LogP contribution < -0.4 is 0 Å². The van der Waals surface area contributed by atoms with E-state index in [1.165, 1.54) is 0 Å². The molecule has 0 rings (SSSR count). The Hall–Kier alpha value is 0.0969. The maximum atomic E-state index is 5.12. The Morgan fingerprint density at radius 1 is 1.56 bits per heavy atom. The highest BCUT2D eigenvalue weighted by atomic mass is 28.2. The molecule has 0 aromatic carbocycles. The van der Waals surface area contributed by atoms with Crippen molar-refractivity contribution in [2.45, 2.75) is 13.2 Å². The molecule has 0 aliphatic carbocycles. The third-order valence-electron chi connectivity index (χ3n) is 0.918. The average Bonchev–Trinajstić information content (AvgIpc) is 1.88. The van der Waals surface area contributed by atoms with Crippen LogP contribution in [0.25, 0.3) is 0 Å². The van der Waals surface area contributed by atoms with Gasteiger partial charge in [0.1, 0.15) is 10.5 Å². The molecule has 0 aromatic rings. The molecule has 0 radical (unpaired) electrons. The van der Waals surface area contributed by atoms with Gasteiger partial charge in [0.15, 0.2) is 6.29 Å². The summed E-state index contributed by atoms with van der Waals surface area (Å²) < 4.78 is 15.0. The third-order valence-corrected chi connectivity index (χ3v) is 1.44. The van der Waals surface area contributed by atoms with E-state index in [9.17, 15) is 0 Å². The highest BCUT2D eigenvalue weighted by molar-refractivity contribution is 5.98. The van der Waals surface area contributed by atoms with Gasteiger partial charge in [0.25, 0.3) is 0 Å². The van der Waals surface area contributed by atoms with Crippen molar-refractivity contribution in [3.63, 3.8) is 0 Å². The van der Waals surface area contributed by atoms with Gasteiger partial charge < -0.3 is 13.9 Å². The van der Waals surface area contributed by atoms with E-state index in [1.54, 1.807) is 7.11 Å². The minimum absolute atomic E-state index is 0.147. The van der Waals surface area contributed by atoms with Gasteiger partial charge in [0.2, 0.25) is 0 Å². The first-order valence-electron chi connectivity index (χ1n) is 2.98. The maximum Gasteiger partial charge on any atom is 0.170 e. The largest absolute Gasteiger partial charge is 0.402 e. The Morgan fingerprint density at radius 2 is 2.22 bits per heavy atom. The van der Waals surface area contributed by atoms with Gasteiger partial charge in [-0.05, 0) is 6.92 Å². The molecular formula is C5H14O3Si. The minimum atomic E-state index is -0.147. The predicted octanol–water partition coefficient (Wildman–Crippen LogP) is -0.708. The lowest BCUT2D eigenvalue weighted by Gasteiger charge is -2.13. The molecule has 0 saturated heterocycles. The van der Waals surface area contributed by atoms with E-state index < -0.39 is 0 Å². The normalized spacial score (nSPS) is 14.0. The van der Waals surface area contributed by atoms with Crippen molar-refractivity contribution < 1.29 is 13.9 Å². The van der Waals surface area contributed by atoms with E-state index in [0.29, 0.717) is 23.7 Å². The van der Waals surface area contributed by atoms with Gasteiger partial charge >= 0.3 is 0 Å². The number of hydrogen-bond donors (Lipinski definition) is 0. The SMILES string of the molecule is CCOC(COC)O[SiH3]. The molecule has 1 atom stereocenters. The molecule has 0 N–H and O–H groups in total. The fourth-order valence-electron chi connectivity index (χ4n) is 0.506. The summed E-state index contributed by atoms with van der Waals surface area (Å²) in [5.41, 5.74) is 0. The fourth-order valence-corrected chi connectivity index (χ4v) is 0.778. The molecule has 0 bridgehead atoms. The Bertz CT molecular complexity index is 54.2. The smallest absolute Gasteiger partial charge is 0.170 e. The van der Waals surface area contributed by atoms with Crippen molar-refractivity contribution in [3.05, 3.63) is 0 Å². The van der Waals surface area contributed by atoms with E-state index in [1.807, 2.05) is 6.92 Å². The van der Waals surface area contributed by atoms with Crippen LogP contribution in [0.3, 0.4) is 0 Å². The van der Waals surface area contributed by atoms with Gasteiger partial charge in [-0.15, -0.1) is 0 Å². The number of rotatable bonds is 5. The molecule has 0 heterocycles. The standard InChI is InChI=1S/C5H14O3Si/c1-3-7-5(8-9)4-6-2/h5H,3-4H2,1-2,9H3. The zero-order valence-electron chi connectivity index (χ0n) is 6.22. The van der Waals surface area contributed by atoms with Crippen LogP contribution in [0.5, 0.6) is 0 Å². The number of hydrogen-bond acceptors (Lipinski definition) is 3. The number of methoxy groups -OCH3 is 1. The van der Waals surface area contributed by atoms with Gasteiger partial charge in [-0.3, -0.25) is 0 Å². The van der Waals surface area contributed by atoms with Crippen molar-refractivity contribution in [1.82, 2.24) is 0 Å². The summed E-state index contributed by atoms with van der Waals surface area (Å²) in [7, 11) is 2.33. The van der Waals surface area contributed by atoms with E-state index in [4.69, 9.17) is 13.9 Å². The van der Waals surface area contributed by atoms with Gasteiger partial charge in [-0.2, -0.15) is 0 Å². The van der Waals surface area contributed by atoms with Crippen molar-refractivity contribution in [2.75, 3.05) is 20.3 Å². The lowest BCUT2D eigenvalue weighted by atomic mass is 10.7. The van der Waals surface area contributed by atoms with Gasteiger partial charge in [0, 0.05) is 13.7 Å². The Labute approximate surface area is 58.8 Å². The zero-order valence-corrected chi connectivity index (χ0v) is 8.22. The minimum Gasteiger partial charge on any atom is -0.402 e. The van der Waals surface area contributed by atoms with Crippen LogP contribution >= 0.6 is 0 Å². The van der Waals surface area contributed by atoms with Crippen LogP contribution in [0.2, 0.25) is 0 Å². The average molecular weight is 150 g/mol. The summed E-state index contributed by atoms with van der Waals surface area (Å²) >= 11 is 0. The van der Waals surface area contributed by atoms with Gasteiger partial charge in [0.05, 0.1) is 6.61 Å². The first-order chi connectivity index (χ1) is 4.35. The first kappa shape index (κ1) is 9.10. The second-order valence-corrected chi connectivity index (χ2v) is 2.05. The number of ether oxygens (including phenoxy) is 2. The summed E-state index contributed by atoms with van der Waals surface area (Å²) in [5.74, 6) is 0. The Balaban J connectivity index is 3.18. The molecule has 4 heteroatoms. The van der Waals surface area contributed by atoms with E-state index >= 15 is 0 Å². The van der Waals surface area contributed by atoms with E-state index in [2.05, 4.69) is 0 Å². The van der Waals surface area contributed by atoms with Crippen molar-refractivity contribution in [3.8, 4) is 0 Å². The van der Waals surface area contributed by atoms with Crippen LogP contribution in [0, 0.1) is 0 Å². The zero-order chi connectivity index (χ0) is 7.11. The topological polar surface area (TPSA) is 27.7 Å². The molecule has 0 aliphatic rings. The third kappa shape index (κ3) is 4.59. The summed E-state index contributed by atoms with van der Waals surface area (Å²) in [4.78, 5) is 0. The monoisotopic (exact) mass is 150 g/mol. The summed E-state index contributed by atoms with van der Waals surface area (Å²) in [5, 5.41) is 0. The fraction of sp³-hybridized carbons (Fsp3) is 1.00.